The van der Waals surface area contributed by atoms with Crippen molar-refractivity contribution >= 4 is 5.91 Å². The fourth-order valence-corrected chi connectivity index (χ4v) is 7.11. The lowest BCUT2D eigenvalue weighted by Crippen LogP contribution is -2.65. The van der Waals surface area contributed by atoms with Crippen LogP contribution >= 0.6 is 0 Å². The third-order valence-corrected chi connectivity index (χ3v) is 10.7. The zero-order valence-electron chi connectivity index (χ0n) is 33.7. The number of unbranched alkanes of at least 4 members (excludes halogenated alkanes) is 18. The van der Waals surface area contributed by atoms with E-state index in [4.69, 9.17) is 18.9 Å². The number of allylic oxidation sites excluding steroid dienone is 1. The Hall–Kier alpha value is -1.27. The molecule has 0 aliphatic carbocycles. The molecule has 0 aromatic rings. The van der Waals surface area contributed by atoms with Crippen LogP contribution in [0.15, 0.2) is 12.2 Å². The highest BCUT2D eigenvalue weighted by atomic mass is 16.7. The number of hydrogen-bond donors (Lipinski definition) is 9. The average molecular weight is 792 g/mol. The van der Waals surface area contributed by atoms with Crippen molar-refractivity contribution in [1.29, 1.82) is 0 Å². The zero-order chi connectivity index (χ0) is 40.4. The number of ether oxygens (including phenoxy) is 4. The lowest BCUT2D eigenvalue weighted by Gasteiger charge is -2.46. The number of rotatable bonds is 31. The van der Waals surface area contributed by atoms with Gasteiger partial charge in [0.25, 0.3) is 0 Å². The SMILES string of the molecule is CCCCCCCCCCC/C=C/[C@@H](O)[C@H](CO[C@@H]1O[C@H](CO)[C@@H](O[C@@H]2O[C@H](CO)[C@H](O)C(O)C2O)C(O)C1O)NC(=O)CCCCCCCCCCCC. The van der Waals surface area contributed by atoms with Crippen LogP contribution in [0.2, 0.25) is 0 Å². The minimum Gasteiger partial charge on any atom is -0.394 e. The molecule has 2 heterocycles. The minimum absolute atomic E-state index is 0.245. The van der Waals surface area contributed by atoms with E-state index in [1.807, 2.05) is 6.08 Å². The predicted octanol–water partition coefficient (Wildman–Crippen LogP) is 3.26. The summed E-state index contributed by atoms with van der Waals surface area (Å²) in [5.41, 5.74) is 0. The van der Waals surface area contributed by atoms with Crippen molar-refractivity contribution in [2.45, 2.75) is 222 Å². The first-order valence-electron chi connectivity index (χ1n) is 21.4. The van der Waals surface area contributed by atoms with Gasteiger partial charge in [-0.15, -0.1) is 0 Å². The molecule has 0 bridgehead atoms. The average Bonchev–Trinajstić information content (AvgIpc) is 3.18. The summed E-state index contributed by atoms with van der Waals surface area (Å²) in [5.74, 6) is -0.245. The molecule has 2 fully saturated rings. The number of carbonyl (C=O) groups is 1. The van der Waals surface area contributed by atoms with Gasteiger partial charge in [-0.1, -0.05) is 135 Å². The molecule has 12 atom stereocenters. The molecule has 2 rings (SSSR count). The highest BCUT2D eigenvalue weighted by molar-refractivity contribution is 5.76. The van der Waals surface area contributed by atoms with Gasteiger partial charge in [0, 0.05) is 6.42 Å². The molecule has 2 saturated heterocycles. The maximum Gasteiger partial charge on any atom is 0.220 e. The molecule has 2 aliphatic heterocycles. The fraction of sp³-hybridized carbons (Fsp3) is 0.927. The molecule has 0 saturated carbocycles. The fourth-order valence-electron chi connectivity index (χ4n) is 7.11. The van der Waals surface area contributed by atoms with Crippen LogP contribution in [-0.4, -0.2) is 140 Å². The lowest BCUT2D eigenvalue weighted by atomic mass is 9.97. The summed E-state index contributed by atoms with van der Waals surface area (Å²) in [6.45, 7) is 2.72. The lowest BCUT2D eigenvalue weighted by molar-refractivity contribution is -0.359. The molecule has 0 aromatic heterocycles. The standard InChI is InChI=1S/C41H77NO13/c1-3-5-7-9-11-13-15-16-18-20-22-24-30(45)29(42-33(46)25-23-21-19-17-14-12-10-8-6-4-2)28-52-40-38(51)36(49)39(32(27-44)54-40)55-41-37(50)35(48)34(47)31(26-43)53-41/h22,24,29-32,34-41,43-45,47-51H,3-21,23,25-28H2,1-2H3,(H,42,46)/b24-22+/t29-,30+,31+,32+,34-,35?,36?,37?,38?,39+,40+,41-/m0/s1. The van der Waals surface area contributed by atoms with Crippen molar-refractivity contribution in [2.75, 3.05) is 19.8 Å². The molecule has 55 heavy (non-hydrogen) atoms. The van der Waals surface area contributed by atoms with Crippen LogP contribution in [-0.2, 0) is 23.7 Å². The second-order valence-electron chi connectivity index (χ2n) is 15.5. The van der Waals surface area contributed by atoms with Crippen LogP contribution < -0.4 is 5.32 Å². The van der Waals surface area contributed by atoms with E-state index in [1.54, 1.807) is 6.08 Å². The first-order valence-corrected chi connectivity index (χ1v) is 21.4. The van der Waals surface area contributed by atoms with Crippen molar-refractivity contribution in [3.63, 3.8) is 0 Å². The number of nitrogens with one attached hydrogen (secondary N) is 1. The number of amides is 1. The summed E-state index contributed by atoms with van der Waals surface area (Å²) in [6.07, 6.45) is 9.87. The van der Waals surface area contributed by atoms with Gasteiger partial charge in [0.2, 0.25) is 5.91 Å². The van der Waals surface area contributed by atoms with E-state index in [0.717, 1.165) is 38.5 Å². The molecular formula is C41H77NO13. The van der Waals surface area contributed by atoms with E-state index >= 15 is 0 Å². The number of aliphatic hydroxyl groups is 8. The monoisotopic (exact) mass is 792 g/mol. The molecular weight excluding hydrogens is 714 g/mol. The summed E-state index contributed by atoms with van der Waals surface area (Å²) < 4.78 is 22.6. The Morgan fingerprint density at radius 3 is 1.67 bits per heavy atom. The van der Waals surface area contributed by atoms with Gasteiger partial charge in [0.15, 0.2) is 12.6 Å². The van der Waals surface area contributed by atoms with Crippen molar-refractivity contribution in [2.24, 2.45) is 0 Å². The van der Waals surface area contributed by atoms with Gasteiger partial charge in [-0.05, 0) is 19.3 Å². The minimum atomic E-state index is -1.78. The Morgan fingerprint density at radius 2 is 1.13 bits per heavy atom. The zero-order valence-corrected chi connectivity index (χ0v) is 33.7. The van der Waals surface area contributed by atoms with E-state index in [0.29, 0.717) is 6.42 Å². The highest BCUT2D eigenvalue weighted by Gasteiger charge is 2.50. The Kier molecular flexibility index (Phi) is 27.1. The second-order valence-corrected chi connectivity index (χ2v) is 15.5. The largest absolute Gasteiger partial charge is 0.394 e. The molecule has 0 radical (unpaired) electrons. The number of hydrogen-bond acceptors (Lipinski definition) is 13. The van der Waals surface area contributed by atoms with Gasteiger partial charge < -0.3 is 65.1 Å². The van der Waals surface area contributed by atoms with Gasteiger partial charge in [-0.25, -0.2) is 0 Å². The molecule has 14 heteroatoms. The van der Waals surface area contributed by atoms with Crippen LogP contribution in [0.3, 0.4) is 0 Å². The Morgan fingerprint density at radius 1 is 0.636 bits per heavy atom. The molecule has 0 spiro atoms. The number of carbonyl (C=O) groups excluding carboxylic acids is 1. The van der Waals surface area contributed by atoms with Gasteiger partial charge in [-0.3, -0.25) is 4.79 Å². The van der Waals surface area contributed by atoms with Gasteiger partial charge in [-0.2, -0.15) is 0 Å². The van der Waals surface area contributed by atoms with Gasteiger partial charge in [0.05, 0.1) is 32.0 Å². The van der Waals surface area contributed by atoms with Crippen LogP contribution in [0.25, 0.3) is 0 Å². The normalized spacial score (nSPS) is 29.8. The quantitative estimate of drug-likeness (QED) is 0.0364. The summed E-state index contributed by atoms with van der Waals surface area (Å²) >= 11 is 0. The van der Waals surface area contributed by atoms with Crippen LogP contribution in [0, 0.1) is 0 Å². The second kappa shape index (κ2) is 29.9. The van der Waals surface area contributed by atoms with E-state index in [2.05, 4.69) is 19.2 Å². The van der Waals surface area contributed by atoms with Gasteiger partial charge in [0.1, 0.15) is 48.8 Å². The molecule has 14 nitrogen and oxygen atoms in total. The Labute approximate surface area is 329 Å². The molecule has 1 amide bonds. The van der Waals surface area contributed by atoms with E-state index in [1.165, 1.54) is 83.5 Å². The van der Waals surface area contributed by atoms with Crippen molar-refractivity contribution in [3.05, 3.63) is 12.2 Å². The van der Waals surface area contributed by atoms with E-state index < -0.39 is 86.8 Å². The maximum atomic E-state index is 13.0. The van der Waals surface area contributed by atoms with E-state index in [-0.39, 0.29) is 18.9 Å². The third kappa shape index (κ3) is 18.9. The summed E-state index contributed by atoms with van der Waals surface area (Å²) in [6, 6.07) is -0.904. The van der Waals surface area contributed by atoms with Crippen molar-refractivity contribution in [3.8, 4) is 0 Å². The summed E-state index contributed by atoms with van der Waals surface area (Å²) in [4.78, 5) is 13.0. The van der Waals surface area contributed by atoms with E-state index in [9.17, 15) is 45.6 Å². The maximum absolute atomic E-state index is 13.0. The van der Waals surface area contributed by atoms with Gasteiger partial charge >= 0.3 is 0 Å². The van der Waals surface area contributed by atoms with Crippen molar-refractivity contribution in [1.82, 2.24) is 5.32 Å². The summed E-state index contributed by atoms with van der Waals surface area (Å²) in [7, 11) is 0. The molecule has 4 unspecified atom stereocenters. The smallest absolute Gasteiger partial charge is 0.220 e. The predicted molar refractivity (Wildman–Crippen MR) is 208 cm³/mol. The van der Waals surface area contributed by atoms with Crippen LogP contribution in [0.5, 0.6) is 0 Å². The molecule has 324 valence electrons. The van der Waals surface area contributed by atoms with Crippen LogP contribution in [0.4, 0.5) is 0 Å². The first-order chi connectivity index (χ1) is 26.6. The molecule has 2 aliphatic rings. The number of aliphatic hydroxyl groups excluding tert-OH is 8. The topological polar surface area (TPSA) is 228 Å². The molecule has 0 aromatic carbocycles. The third-order valence-electron chi connectivity index (χ3n) is 10.7. The first kappa shape index (κ1) is 49.9. The summed E-state index contributed by atoms with van der Waals surface area (Å²) in [5, 5.41) is 86.2. The van der Waals surface area contributed by atoms with Crippen LogP contribution in [0.1, 0.15) is 149 Å². The van der Waals surface area contributed by atoms with Crippen molar-refractivity contribution < 1.29 is 64.6 Å². The highest BCUT2D eigenvalue weighted by Crippen LogP contribution is 2.30. The Balaban J connectivity index is 1.94. The molecule has 9 N–H and O–H groups in total. The Bertz CT molecular complexity index is 988.